The van der Waals surface area contributed by atoms with Crippen LogP contribution < -0.4 is 0 Å². The lowest BCUT2D eigenvalue weighted by Crippen LogP contribution is -1.93. The molecule has 0 saturated heterocycles. The van der Waals surface area contributed by atoms with Gasteiger partial charge in [-0.3, -0.25) is 0 Å². The van der Waals surface area contributed by atoms with Gasteiger partial charge < -0.3 is 5.11 Å². The number of aliphatic hydroxyl groups is 1. The van der Waals surface area contributed by atoms with E-state index in [-0.39, 0.29) is 6.61 Å². The van der Waals surface area contributed by atoms with E-state index < -0.39 is 0 Å². The normalized spacial score (nSPS) is 10.8. The molecule has 1 heteroatoms. The Labute approximate surface area is 113 Å². The van der Waals surface area contributed by atoms with Gasteiger partial charge in [0.2, 0.25) is 0 Å². The van der Waals surface area contributed by atoms with E-state index in [9.17, 15) is 5.11 Å². The van der Waals surface area contributed by atoms with Crippen LogP contribution in [0.2, 0.25) is 0 Å². The van der Waals surface area contributed by atoms with E-state index >= 15 is 0 Å². The molecule has 0 fully saturated rings. The first kappa shape index (κ1) is 11.9. The van der Waals surface area contributed by atoms with Gasteiger partial charge in [0.1, 0.15) is 0 Å². The zero-order chi connectivity index (χ0) is 13.2. The van der Waals surface area contributed by atoms with E-state index in [0.717, 1.165) is 11.1 Å². The van der Waals surface area contributed by atoms with Crippen molar-refractivity contribution < 1.29 is 5.11 Å². The van der Waals surface area contributed by atoms with Gasteiger partial charge >= 0.3 is 0 Å². The molecule has 0 aliphatic carbocycles. The molecule has 1 nitrogen and oxygen atoms in total. The van der Waals surface area contributed by atoms with Crippen LogP contribution in [0.15, 0.2) is 60.7 Å². The summed E-state index contributed by atoms with van der Waals surface area (Å²) in [6.07, 6.45) is 0. The Hall–Kier alpha value is -2.12. The Morgan fingerprint density at radius 3 is 2.37 bits per heavy atom. The SMILES string of the molecule is Cc1ccccc1-c1c(CO)ccc2ccccc12. The monoisotopic (exact) mass is 248 g/mol. The summed E-state index contributed by atoms with van der Waals surface area (Å²) in [6, 6.07) is 20.7. The van der Waals surface area contributed by atoms with Gasteiger partial charge in [-0.05, 0) is 39.9 Å². The molecule has 0 aliphatic heterocycles. The largest absolute Gasteiger partial charge is 0.392 e. The summed E-state index contributed by atoms with van der Waals surface area (Å²) in [5.41, 5.74) is 4.56. The molecule has 0 aromatic heterocycles. The van der Waals surface area contributed by atoms with Gasteiger partial charge in [0, 0.05) is 0 Å². The molecule has 0 saturated carbocycles. The molecule has 0 atom stereocenters. The maximum atomic E-state index is 9.63. The van der Waals surface area contributed by atoms with E-state index in [4.69, 9.17) is 0 Å². The second kappa shape index (κ2) is 4.87. The number of aryl methyl sites for hydroxylation is 1. The predicted octanol–water partition coefficient (Wildman–Crippen LogP) is 4.31. The van der Waals surface area contributed by atoms with Crippen LogP contribution in [0.5, 0.6) is 0 Å². The van der Waals surface area contributed by atoms with Crippen LogP contribution in [0, 0.1) is 6.92 Å². The van der Waals surface area contributed by atoms with Gasteiger partial charge in [0.15, 0.2) is 0 Å². The first-order valence-electron chi connectivity index (χ1n) is 6.49. The van der Waals surface area contributed by atoms with E-state index in [1.807, 2.05) is 30.3 Å². The lowest BCUT2D eigenvalue weighted by Gasteiger charge is -2.14. The molecule has 3 aromatic rings. The van der Waals surface area contributed by atoms with Crippen molar-refractivity contribution in [3.8, 4) is 11.1 Å². The summed E-state index contributed by atoms with van der Waals surface area (Å²) >= 11 is 0. The second-order valence-corrected chi connectivity index (χ2v) is 4.79. The van der Waals surface area contributed by atoms with Crippen LogP contribution in [0.3, 0.4) is 0 Å². The quantitative estimate of drug-likeness (QED) is 0.716. The molecule has 0 spiro atoms. The minimum absolute atomic E-state index is 0.0640. The molecule has 0 bridgehead atoms. The van der Waals surface area contributed by atoms with Crippen LogP contribution >= 0.6 is 0 Å². The van der Waals surface area contributed by atoms with Crippen molar-refractivity contribution in [2.75, 3.05) is 0 Å². The van der Waals surface area contributed by atoms with Crippen LogP contribution in [-0.4, -0.2) is 5.11 Å². The summed E-state index contributed by atoms with van der Waals surface area (Å²) < 4.78 is 0. The van der Waals surface area contributed by atoms with Crippen molar-refractivity contribution >= 4 is 10.8 Å². The van der Waals surface area contributed by atoms with Crippen molar-refractivity contribution in [3.63, 3.8) is 0 Å². The Balaban J connectivity index is 2.41. The molecule has 3 aromatic carbocycles. The summed E-state index contributed by atoms with van der Waals surface area (Å²) in [7, 11) is 0. The molecule has 0 amide bonds. The highest BCUT2D eigenvalue weighted by Crippen LogP contribution is 2.34. The smallest absolute Gasteiger partial charge is 0.0688 e. The fourth-order valence-corrected chi connectivity index (χ4v) is 2.62. The Morgan fingerprint density at radius 1 is 0.842 bits per heavy atom. The number of hydrogen-bond acceptors (Lipinski definition) is 1. The van der Waals surface area contributed by atoms with E-state index in [2.05, 4.69) is 37.3 Å². The van der Waals surface area contributed by atoms with Gasteiger partial charge in [-0.25, -0.2) is 0 Å². The predicted molar refractivity (Wildman–Crippen MR) is 80.0 cm³/mol. The molecule has 0 heterocycles. The number of hydrogen-bond donors (Lipinski definition) is 1. The number of fused-ring (bicyclic) bond motifs is 1. The fourth-order valence-electron chi connectivity index (χ4n) is 2.62. The van der Waals surface area contributed by atoms with Crippen molar-refractivity contribution in [3.05, 3.63) is 71.8 Å². The molecule has 0 radical (unpaired) electrons. The van der Waals surface area contributed by atoms with Crippen LogP contribution in [-0.2, 0) is 6.61 Å². The molecular weight excluding hydrogens is 232 g/mol. The van der Waals surface area contributed by atoms with Gasteiger partial charge in [-0.15, -0.1) is 0 Å². The Morgan fingerprint density at radius 2 is 1.58 bits per heavy atom. The van der Waals surface area contributed by atoms with E-state index in [0.29, 0.717) is 0 Å². The fraction of sp³-hybridized carbons (Fsp3) is 0.111. The summed E-state index contributed by atoms with van der Waals surface area (Å²) in [6.45, 7) is 2.17. The minimum atomic E-state index is 0.0640. The summed E-state index contributed by atoms with van der Waals surface area (Å²) in [4.78, 5) is 0. The van der Waals surface area contributed by atoms with Crippen molar-refractivity contribution in [1.29, 1.82) is 0 Å². The number of aliphatic hydroxyl groups excluding tert-OH is 1. The molecule has 94 valence electrons. The van der Waals surface area contributed by atoms with Gasteiger partial charge in [0.25, 0.3) is 0 Å². The Bertz CT molecular complexity index is 729. The third-order valence-electron chi connectivity index (χ3n) is 3.60. The zero-order valence-electron chi connectivity index (χ0n) is 10.9. The molecule has 0 aliphatic rings. The molecule has 0 unspecified atom stereocenters. The standard InChI is InChI=1S/C18H16O/c1-13-6-2-4-8-16(13)18-15(12-19)11-10-14-7-3-5-9-17(14)18/h2-11,19H,12H2,1H3. The lowest BCUT2D eigenvalue weighted by atomic mass is 9.91. The second-order valence-electron chi connectivity index (χ2n) is 4.79. The van der Waals surface area contributed by atoms with Crippen molar-refractivity contribution in [2.45, 2.75) is 13.5 Å². The van der Waals surface area contributed by atoms with Crippen molar-refractivity contribution in [1.82, 2.24) is 0 Å². The third-order valence-corrected chi connectivity index (χ3v) is 3.60. The first-order valence-corrected chi connectivity index (χ1v) is 6.49. The van der Waals surface area contributed by atoms with E-state index in [1.165, 1.54) is 21.9 Å². The third kappa shape index (κ3) is 2.02. The minimum Gasteiger partial charge on any atom is -0.392 e. The van der Waals surface area contributed by atoms with Crippen LogP contribution in [0.4, 0.5) is 0 Å². The van der Waals surface area contributed by atoms with Gasteiger partial charge in [-0.1, -0.05) is 60.7 Å². The first-order chi connectivity index (χ1) is 9.31. The van der Waals surface area contributed by atoms with Gasteiger partial charge in [-0.2, -0.15) is 0 Å². The van der Waals surface area contributed by atoms with Crippen molar-refractivity contribution in [2.24, 2.45) is 0 Å². The lowest BCUT2D eigenvalue weighted by molar-refractivity contribution is 0.282. The highest BCUT2D eigenvalue weighted by Gasteiger charge is 2.10. The highest BCUT2D eigenvalue weighted by atomic mass is 16.3. The summed E-state index contributed by atoms with van der Waals surface area (Å²) in [5.74, 6) is 0. The van der Waals surface area contributed by atoms with E-state index in [1.54, 1.807) is 0 Å². The maximum absolute atomic E-state index is 9.63. The molecular formula is C18H16O. The molecule has 1 N–H and O–H groups in total. The zero-order valence-corrected chi connectivity index (χ0v) is 10.9. The number of benzene rings is 3. The molecule has 19 heavy (non-hydrogen) atoms. The van der Waals surface area contributed by atoms with Gasteiger partial charge in [0.05, 0.1) is 6.61 Å². The molecule has 3 rings (SSSR count). The number of rotatable bonds is 2. The van der Waals surface area contributed by atoms with Crippen LogP contribution in [0.1, 0.15) is 11.1 Å². The van der Waals surface area contributed by atoms with Crippen LogP contribution in [0.25, 0.3) is 21.9 Å². The average molecular weight is 248 g/mol. The Kier molecular flexibility index (Phi) is 3.06. The average Bonchev–Trinajstić information content (AvgIpc) is 2.47. The summed E-state index contributed by atoms with van der Waals surface area (Å²) in [5, 5.41) is 12.0. The highest BCUT2D eigenvalue weighted by molar-refractivity contribution is 5.98. The topological polar surface area (TPSA) is 20.2 Å². The maximum Gasteiger partial charge on any atom is 0.0688 e.